The topological polar surface area (TPSA) is 86.6 Å². The highest BCUT2D eigenvalue weighted by molar-refractivity contribution is 7.15. The average molecular weight is 483 g/mol. The third-order valence-corrected chi connectivity index (χ3v) is 8.20. The van der Waals surface area contributed by atoms with Gasteiger partial charge in [0.15, 0.2) is 0 Å². The number of piperidine rings is 1. The molecular formula is C26H34N4O3S. The van der Waals surface area contributed by atoms with Crippen LogP contribution in [0.4, 0.5) is 11.6 Å². The first kappa shape index (κ1) is 24.4. The molecule has 0 saturated carbocycles. The number of hydrogen-bond donors (Lipinski definition) is 1. The third-order valence-electron chi connectivity index (χ3n) is 7.01. The van der Waals surface area contributed by atoms with E-state index >= 15 is 0 Å². The van der Waals surface area contributed by atoms with Crippen LogP contribution in [0.3, 0.4) is 0 Å². The van der Waals surface area contributed by atoms with Crippen LogP contribution in [0, 0.1) is 5.92 Å². The Kier molecular flexibility index (Phi) is 7.98. The molecule has 2 aromatic rings. The van der Waals surface area contributed by atoms with Crippen molar-refractivity contribution in [3.63, 3.8) is 0 Å². The summed E-state index contributed by atoms with van der Waals surface area (Å²) < 4.78 is 0. The molecule has 1 fully saturated rings. The molecule has 1 aliphatic carbocycles. The normalized spacial score (nSPS) is 17.0. The fourth-order valence-corrected chi connectivity index (χ4v) is 6.10. The van der Waals surface area contributed by atoms with Crippen molar-refractivity contribution in [3.8, 4) is 0 Å². The van der Waals surface area contributed by atoms with Crippen molar-refractivity contribution < 1.29 is 14.7 Å². The van der Waals surface area contributed by atoms with Gasteiger partial charge in [0.05, 0.1) is 5.69 Å². The maximum Gasteiger partial charge on any atom is 0.348 e. The number of carboxylic acid groups (broad SMARTS) is 1. The van der Waals surface area contributed by atoms with E-state index in [-0.39, 0.29) is 22.7 Å². The summed E-state index contributed by atoms with van der Waals surface area (Å²) >= 11 is 1.32. The lowest BCUT2D eigenvalue weighted by Gasteiger charge is -2.39. The Morgan fingerprint density at radius 2 is 1.88 bits per heavy atom. The second-order valence-corrected chi connectivity index (χ2v) is 10.1. The second kappa shape index (κ2) is 11.1. The number of hydrogen-bond acceptors (Lipinski definition) is 6. The highest BCUT2D eigenvalue weighted by atomic mass is 32.1. The molecule has 1 aliphatic heterocycles. The van der Waals surface area contributed by atoms with Crippen LogP contribution >= 0.6 is 11.3 Å². The molecule has 2 aliphatic rings. The predicted molar refractivity (Wildman–Crippen MR) is 137 cm³/mol. The predicted octanol–water partition coefficient (Wildman–Crippen LogP) is 5.63. The Morgan fingerprint density at radius 1 is 1.18 bits per heavy atom. The molecule has 1 saturated heterocycles. The van der Waals surface area contributed by atoms with Gasteiger partial charge in [-0.3, -0.25) is 4.79 Å². The number of aromatic nitrogens is 2. The molecule has 4 rings (SSSR count). The van der Waals surface area contributed by atoms with Crippen LogP contribution in [0.1, 0.15) is 79.8 Å². The molecule has 0 aromatic carbocycles. The second-order valence-electron chi connectivity index (χ2n) is 9.09. The lowest BCUT2D eigenvalue weighted by molar-refractivity contribution is -0.123. The number of thiophene rings is 1. The number of nitrogens with zero attached hydrogens (tertiary/aromatic N) is 4. The fraction of sp³-hybridized carbons (Fsp3) is 0.538. The minimum atomic E-state index is -0.958. The summed E-state index contributed by atoms with van der Waals surface area (Å²) in [6.45, 7) is 5.52. The zero-order valence-corrected chi connectivity index (χ0v) is 20.9. The molecule has 7 nitrogen and oxygen atoms in total. The van der Waals surface area contributed by atoms with E-state index in [0.29, 0.717) is 11.6 Å². The fourth-order valence-electron chi connectivity index (χ4n) is 5.04. The number of aromatic carboxylic acids is 1. The van der Waals surface area contributed by atoms with Crippen molar-refractivity contribution in [1.29, 1.82) is 0 Å². The summed E-state index contributed by atoms with van der Waals surface area (Å²) in [5.74, 6) is -0.328. The molecular weight excluding hydrogens is 448 g/mol. The van der Waals surface area contributed by atoms with Gasteiger partial charge >= 0.3 is 5.97 Å². The van der Waals surface area contributed by atoms with Gasteiger partial charge in [0, 0.05) is 42.3 Å². The monoisotopic (exact) mass is 482 g/mol. The molecule has 34 heavy (non-hydrogen) atoms. The summed E-state index contributed by atoms with van der Waals surface area (Å²) in [4.78, 5) is 40.1. The lowest BCUT2D eigenvalue weighted by atomic mass is 9.96. The first-order valence-electron chi connectivity index (χ1n) is 12.4. The molecule has 0 spiro atoms. The van der Waals surface area contributed by atoms with Crippen LogP contribution in [0.15, 0.2) is 30.6 Å². The number of carboxylic acids is 1. The van der Waals surface area contributed by atoms with E-state index in [2.05, 4.69) is 20.9 Å². The standard InChI is InChI=1S/C26H34N4O3S/c1-3-18(4-2)24(31)30(20-11-15-29(16-12-20)26-27-13-8-14-28-26)21-17-22(34-23(21)25(32)33)19-9-6-5-7-10-19/h8-9,13-14,17-18,20H,3-7,10-12,15-16H2,1-2H3,(H,32,33). The zero-order chi connectivity index (χ0) is 24.1. The largest absolute Gasteiger partial charge is 0.477 e. The summed E-state index contributed by atoms with van der Waals surface area (Å²) in [6.07, 6.45) is 13.0. The van der Waals surface area contributed by atoms with Crippen LogP contribution in [0.2, 0.25) is 0 Å². The van der Waals surface area contributed by atoms with Crippen LogP contribution in [0.25, 0.3) is 5.57 Å². The average Bonchev–Trinajstić information content (AvgIpc) is 3.32. The third kappa shape index (κ3) is 5.17. The van der Waals surface area contributed by atoms with Crippen LogP contribution < -0.4 is 9.80 Å². The first-order valence-corrected chi connectivity index (χ1v) is 13.3. The highest BCUT2D eigenvalue weighted by Crippen LogP contribution is 2.40. The highest BCUT2D eigenvalue weighted by Gasteiger charge is 2.36. The van der Waals surface area contributed by atoms with E-state index in [1.165, 1.54) is 23.3 Å². The maximum atomic E-state index is 13.8. The number of rotatable bonds is 8. The van der Waals surface area contributed by atoms with Gasteiger partial charge in [-0.25, -0.2) is 14.8 Å². The molecule has 1 amide bonds. The quantitative estimate of drug-likeness (QED) is 0.525. The summed E-state index contributed by atoms with van der Waals surface area (Å²) in [5.41, 5.74) is 1.79. The van der Waals surface area contributed by atoms with E-state index < -0.39 is 5.97 Å². The van der Waals surface area contributed by atoms with Crippen molar-refractivity contribution >= 4 is 40.4 Å². The van der Waals surface area contributed by atoms with Crippen LogP contribution in [-0.4, -0.2) is 46.1 Å². The van der Waals surface area contributed by atoms with Gasteiger partial charge < -0.3 is 14.9 Å². The van der Waals surface area contributed by atoms with E-state index in [4.69, 9.17) is 0 Å². The minimum absolute atomic E-state index is 0.0453. The first-order chi connectivity index (χ1) is 16.5. The van der Waals surface area contributed by atoms with E-state index in [0.717, 1.165) is 62.9 Å². The van der Waals surface area contributed by atoms with Gasteiger partial charge in [-0.05, 0) is 69.1 Å². The van der Waals surface area contributed by atoms with Gasteiger partial charge in [0.1, 0.15) is 4.88 Å². The van der Waals surface area contributed by atoms with Gasteiger partial charge in [-0.1, -0.05) is 19.9 Å². The van der Waals surface area contributed by atoms with Crippen LogP contribution in [0.5, 0.6) is 0 Å². The Bertz CT molecular complexity index is 1020. The molecule has 1 N–H and O–H groups in total. The molecule has 2 aromatic heterocycles. The Morgan fingerprint density at radius 3 is 2.47 bits per heavy atom. The molecule has 0 atom stereocenters. The smallest absolute Gasteiger partial charge is 0.348 e. The molecule has 3 heterocycles. The van der Waals surface area contributed by atoms with Gasteiger partial charge in [0.2, 0.25) is 11.9 Å². The number of amides is 1. The molecule has 0 unspecified atom stereocenters. The Hall–Kier alpha value is -2.74. The number of anilines is 2. The number of carbonyl (C=O) groups excluding carboxylic acids is 1. The molecule has 0 bridgehead atoms. The van der Waals surface area contributed by atoms with E-state index in [1.54, 1.807) is 18.5 Å². The van der Waals surface area contributed by atoms with Crippen molar-refractivity contribution in [1.82, 2.24) is 9.97 Å². The van der Waals surface area contributed by atoms with Crippen molar-refractivity contribution in [3.05, 3.63) is 40.4 Å². The lowest BCUT2D eigenvalue weighted by Crippen LogP contribution is -2.50. The van der Waals surface area contributed by atoms with Crippen molar-refractivity contribution in [2.24, 2.45) is 5.92 Å². The number of allylic oxidation sites excluding steroid dienone is 2. The summed E-state index contributed by atoms with van der Waals surface area (Å²) in [7, 11) is 0. The van der Waals surface area contributed by atoms with Crippen molar-refractivity contribution in [2.45, 2.75) is 71.3 Å². The summed E-state index contributed by atoms with van der Waals surface area (Å²) in [6, 6.07) is 3.72. The van der Waals surface area contributed by atoms with Crippen molar-refractivity contribution in [2.75, 3.05) is 22.9 Å². The number of carbonyl (C=O) groups is 2. The Balaban J connectivity index is 1.67. The SMILES string of the molecule is CCC(CC)C(=O)N(c1cc(C2=CCCCC2)sc1C(=O)O)C1CCN(c2ncccn2)CC1. The summed E-state index contributed by atoms with van der Waals surface area (Å²) in [5, 5.41) is 10.1. The maximum absolute atomic E-state index is 13.8. The van der Waals surface area contributed by atoms with Gasteiger partial charge in [-0.2, -0.15) is 0 Å². The van der Waals surface area contributed by atoms with E-state index in [9.17, 15) is 14.7 Å². The van der Waals surface area contributed by atoms with Gasteiger partial charge in [-0.15, -0.1) is 11.3 Å². The molecule has 8 heteroatoms. The zero-order valence-electron chi connectivity index (χ0n) is 20.1. The minimum Gasteiger partial charge on any atom is -0.477 e. The van der Waals surface area contributed by atoms with Crippen LogP contribution in [-0.2, 0) is 4.79 Å². The van der Waals surface area contributed by atoms with E-state index in [1.807, 2.05) is 24.8 Å². The van der Waals surface area contributed by atoms with Gasteiger partial charge in [0.25, 0.3) is 0 Å². The Labute approximate surface area is 205 Å². The molecule has 0 radical (unpaired) electrons. The molecule has 182 valence electrons.